The van der Waals surface area contributed by atoms with Gasteiger partial charge in [-0.3, -0.25) is 14.7 Å². The highest BCUT2D eigenvalue weighted by Crippen LogP contribution is 2.22. The summed E-state index contributed by atoms with van der Waals surface area (Å²) in [7, 11) is 1.94. The Bertz CT molecular complexity index is 631. The summed E-state index contributed by atoms with van der Waals surface area (Å²) < 4.78 is 0. The van der Waals surface area contributed by atoms with Gasteiger partial charge < -0.3 is 5.32 Å². The average Bonchev–Trinajstić information content (AvgIpc) is 2.51. The van der Waals surface area contributed by atoms with Gasteiger partial charge >= 0.3 is 0 Å². The molecule has 1 amide bonds. The molecule has 0 saturated carbocycles. The molecule has 1 N–H and O–H groups in total. The maximum atomic E-state index is 12.1. The lowest BCUT2D eigenvalue weighted by molar-refractivity contribution is -0.117. The first-order valence-corrected chi connectivity index (χ1v) is 7.56. The third-order valence-corrected chi connectivity index (χ3v) is 3.90. The van der Waals surface area contributed by atoms with Gasteiger partial charge in [-0.05, 0) is 55.8 Å². The molecule has 4 nitrogen and oxygen atoms in total. The number of nitrogens with zero attached hydrogens (tertiary/aromatic N) is 2. The van der Waals surface area contributed by atoms with Crippen LogP contribution in [0.2, 0.25) is 5.02 Å². The van der Waals surface area contributed by atoms with E-state index in [1.54, 1.807) is 12.4 Å². The van der Waals surface area contributed by atoms with Crippen molar-refractivity contribution in [2.24, 2.45) is 0 Å². The Balaban J connectivity index is 1.82. The molecule has 0 fully saturated rings. The minimum Gasteiger partial charge on any atom is -0.325 e. The Morgan fingerprint density at radius 3 is 2.73 bits per heavy atom. The highest BCUT2D eigenvalue weighted by Gasteiger charge is 2.09. The van der Waals surface area contributed by atoms with Crippen LogP contribution in [0.5, 0.6) is 0 Å². The molecule has 0 spiro atoms. The number of benzene rings is 1. The third-order valence-electron chi connectivity index (χ3n) is 3.49. The first kappa shape index (κ1) is 16.5. The largest absolute Gasteiger partial charge is 0.325 e. The van der Waals surface area contributed by atoms with E-state index >= 15 is 0 Å². The lowest BCUT2D eigenvalue weighted by atomic mass is 10.2. The van der Waals surface area contributed by atoms with Gasteiger partial charge in [0, 0.05) is 29.6 Å². The Kier molecular flexibility index (Phi) is 5.92. The van der Waals surface area contributed by atoms with Crippen LogP contribution in [0.25, 0.3) is 0 Å². The molecule has 116 valence electrons. The smallest absolute Gasteiger partial charge is 0.238 e. The fourth-order valence-electron chi connectivity index (χ4n) is 2.13. The second-order valence-corrected chi connectivity index (χ2v) is 5.71. The summed E-state index contributed by atoms with van der Waals surface area (Å²) in [6, 6.07) is 9.48. The third kappa shape index (κ3) is 4.83. The molecule has 0 radical (unpaired) electrons. The van der Waals surface area contributed by atoms with E-state index in [-0.39, 0.29) is 5.91 Å². The zero-order valence-corrected chi connectivity index (χ0v) is 13.6. The van der Waals surface area contributed by atoms with Crippen molar-refractivity contribution in [3.63, 3.8) is 0 Å². The van der Waals surface area contributed by atoms with E-state index in [2.05, 4.69) is 10.3 Å². The number of halogens is 1. The molecule has 0 aliphatic rings. The maximum absolute atomic E-state index is 12.1. The number of amides is 1. The zero-order valence-electron chi connectivity index (χ0n) is 12.8. The van der Waals surface area contributed by atoms with E-state index in [1.165, 1.54) is 5.56 Å². The molecule has 0 bridgehead atoms. The molecule has 0 aliphatic heterocycles. The lowest BCUT2D eigenvalue weighted by Gasteiger charge is -2.17. The van der Waals surface area contributed by atoms with Crippen molar-refractivity contribution in [3.8, 4) is 0 Å². The second kappa shape index (κ2) is 7.92. The summed E-state index contributed by atoms with van der Waals surface area (Å²) in [6.07, 6.45) is 4.45. The SMILES string of the molecule is Cc1c(Cl)cccc1NC(=O)CN(C)CCc1ccncc1. The fraction of sp³-hybridized carbons (Fsp3) is 0.294. The first-order chi connectivity index (χ1) is 10.6. The van der Waals surface area contributed by atoms with Gasteiger partial charge in [0.05, 0.1) is 6.54 Å². The van der Waals surface area contributed by atoms with Crippen molar-refractivity contribution in [1.29, 1.82) is 0 Å². The number of hydrogen-bond acceptors (Lipinski definition) is 3. The van der Waals surface area contributed by atoms with Crippen molar-refractivity contribution < 1.29 is 4.79 Å². The quantitative estimate of drug-likeness (QED) is 0.890. The monoisotopic (exact) mass is 317 g/mol. The van der Waals surface area contributed by atoms with Crippen LogP contribution < -0.4 is 5.32 Å². The van der Waals surface area contributed by atoms with Crippen LogP contribution in [0, 0.1) is 6.92 Å². The molecule has 2 rings (SSSR count). The summed E-state index contributed by atoms with van der Waals surface area (Å²) in [5.74, 6) is -0.0393. The van der Waals surface area contributed by atoms with Gasteiger partial charge in [0.25, 0.3) is 0 Å². The minimum atomic E-state index is -0.0393. The molecule has 0 unspecified atom stereocenters. The number of rotatable bonds is 6. The van der Waals surface area contributed by atoms with E-state index < -0.39 is 0 Å². The van der Waals surface area contributed by atoms with Crippen molar-refractivity contribution in [2.45, 2.75) is 13.3 Å². The molecular weight excluding hydrogens is 298 g/mol. The summed E-state index contributed by atoms with van der Waals surface area (Å²) in [4.78, 5) is 18.1. The summed E-state index contributed by atoms with van der Waals surface area (Å²) in [6.45, 7) is 3.05. The van der Waals surface area contributed by atoms with E-state index in [1.807, 2.05) is 49.2 Å². The highest BCUT2D eigenvalue weighted by molar-refractivity contribution is 6.31. The number of carbonyl (C=O) groups is 1. The lowest BCUT2D eigenvalue weighted by Crippen LogP contribution is -2.31. The van der Waals surface area contributed by atoms with Crippen LogP contribution in [0.1, 0.15) is 11.1 Å². The number of pyridine rings is 1. The Labute approximate surface area is 136 Å². The molecule has 1 aromatic heterocycles. The summed E-state index contributed by atoms with van der Waals surface area (Å²) >= 11 is 6.05. The number of likely N-dealkylation sites (N-methyl/N-ethyl adjacent to an activating group) is 1. The van der Waals surface area contributed by atoms with Gasteiger partial charge in [-0.1, -0.05) is 17.7 Å². The summed E-state index contributed by atoms with van der Waals surface area (Å²) in [5, 5.41) is 3.56. The second-order valence-electron chi connectivity index (χ2n) is 5.30. The molecule has 5 heteroatoms. The van der Waals surface area contributed by atoms with Crippen molar-refractivity contribution in [3.05, 3.63) is 58.9 Å². The van der Waals surface area contributed by atoms with Gasteiger partial charge in [0.1, 0.15) is 0 Å². The molecule has 0 saturated heterocycles. The number of hydrogen-bond donors (Lipinski definition) is 1. The van der Waals surface area contributed by atoms with Crippen LogP contribution in [-0.4, -0.2) is 35.9 Å². The van der Waals surface area contributed by atoms with Crippen molar-refractivity contribution in [2.75, 3.05) is 25.5 Å². The molecule has 0 atom stereocenters. The van der Waals surface area contributed by atoms with Crippen LogP contribution in [-0.2, 0) is 11.2 Å². The molecular formula is C17H20ClN3O. The Hall–Kier alpha value is -1.91. The molecule has 0 aliphatic carbocycles. The average molecular weight is 318 g/mol. The van der Waals surface area contributed by atoms with Gasteiger partial charge in [0.2, 0.25) is 5.91 Å². The topological polar surface area (TPSA) is 45.2 Å². The van der Waals surface area contributed by atoms with E-state index in [4.69, 9.17) is 11.6 Å². The van der Waals surface area contributed by atoms with Gasteiger partial charge in [-0.25, -0.2) is 0 Å². The van der Waals surface area contributed by atoms with Crippen molar-refractivity contribution in [1.82, 2.24) is 9.88 Å². The molecule has 1 aromatic carbocycles. The molecule has 22 heavy (non-hydrogen) atoms. The van der Waals surface area contributed by atoms with Gasteiger partial charge in [0.15, 0.2) is 0 Å². The minimum absolute atomic E-state index is 0.0393. The fourth-order valence-corrected chi connectivity index (χ4v) is 2.30. The van der Waals surface area contributed by atoms with Crippen LogP contribution >= 0.6 is 11.6 Å². The standard InChI is InChI=1S/C17H20ClN3O/c1-13-15(18)4-3-5-16(13)20-17(22)12-21(2)11-8-14-6-9-19-10-7-14/h3-7,9-10H,8,11-12H2,1-2H3,(H,20,22). The number of anilines is 1. The first-order valence-electron chi connectivity index (χ1n) is 7.18. The predicted octanol–water partition coefficient (Wildman–Crippen LogP) is 3.16. The van der Waals surface area contributed by atoms with Gasteiger partial charge in [-0.2, -0.15) is 0 Å². The van der Waals surface area contributed by atoms with Crippen molar-refractivity contribution >= 4 is 23.2 Å². The van der Waals surface area contributed by atoms with E-state index in [0.717, 1.165) is 24.2 Å². The van der Waals surface area contributed by atoms with Crippen LogP contribution in [0.4, 0.5) is 5.69 Å². The Morgan fingerprint density at radius 1 is 1.27 bits per heavy atom. The van der Waals surface area contributed by atoms with Gasteiger partial charge in [-0.15, -0.1) is 0 Å². The molecule has 2 aromatic rings. The normalized spacial score (nSPS) is 10.7. The summed E-state index contributed by atoms with van der Waals surface area (Å²) in [5.41, 5.74) is 2.87. The number of carbonyl (C=O) groups excluding carboxylic acids is 1. The number of nitrogens with one attached hydrogen (secondary N) is 1. The van der Waals surface area contributed by atoms with Crippen LogP contribution in [0.15, 0.2) is 42.7 Å². The predicted molar refractivity (Wildman–Crippen MR) is 90.3 cm³/mol. The zero-order chi connectivity index (χ0) is 15.9. The maximum Gasteiger partial charge on any atom is 0.238 e. The molecule has 1 heterocycles. The van der Waals surface area contributed by atoms with E-state index in [9.17, 15) is 4.79 Å². The van der Waals surface area contributed by atoms with Crippen LogP contribution in [0.3, 0.4) is 0 Å². The highest BCUT2D eigenvalue weighted by atomic mass is 35.5. The van der Waals surface area contributed by atoms with E-state index in [0.29, 0.717) is 11.6 Å². The number of aromatic nitrogens is 1. The Morgan fingerprint density at radius 2 is 2.00 bits per heavy atom.